The number of hydrogen-bond acceptors (Lipinski definition) is 6. The minimum Gasteiger partial charge on any atom is -0.489 e. The Hall–Kier alpha value is -1.61. The summed E-state index contributed by atoms with van der Waals surface area (Å²) in [6.45, 7) is 0. The van der Waals surface area contributed by atoms with Gasteiger partial charge in [0.1, 0.15) is 12.1 Å². The third-order valence-electron chi connectivity index (χ3n) is 2.16. The molecule has 0 aliphatic carbocycles. The number of methoxy groups -OCH3 is 1. The van der Waals surface area contributed by atoms with E-state index in [1.54, 1.807) is 0 Å². The van der Waals surface area contributed by atoms with Crippen molar-refractivity contribution in [1.82, 2.24) is 9.97 Å². The number of nitrogens with two attached hydrogens (primary N) is 1. The van der Waals surface area contributed by atoms with E-state index in [0.717, 1.165) is 3.57 Å². The van der Waals surface area contributed by atoms with Crippen molar-refractivity contribution < 1.29 is 9.47 Å². The standard InChI is InChI=1S/C11H11IN4O2/c1-17-9-10(16-13)14-6-15-11(9)18-8-5-3-2-4-7(8)12/h2-6H,13H2,1H3,(H,14,15,16). The lowest BCUT2D eigenvalue weighted by atomic mass is 10.3. The molecule has 0 bridgehead atoms. The number of halogens is 1. The minimum absolute atomic E-state index is 0.310. The molecule has 0 aliphatic rings. The van der Waals surface area contributed by atoms with Gasteiger partial charge < -0.3 is 14.9 Å². The second-order valence-corrected chi connectivity index (χ2v) is 4.40. The Kier molecular flexibility index (Phi) is 4.15. The third kappa shape index (κ3) is 2.62. The zero-order chi connectivity index (χ0) is 13.0. The highest BCUT2D eigenvalue weighted by atomic mass is 127. The van der Waals surface area contributed by atoms with Crippen LogP contribution in [0.1, 0.15) is 0 Å². The lowest BCUT2D eigenvalue weighted by Gasteiger charge is -2.12. The van der Waals surface area contributed by atoms with Crippen molar-refractivity contribution in [2.75, 3.05) is 12.5 Å². The number of anilines is 1. The number of hydrazine groups is 1. The van der Waals surface area contributed by atoms with Crippen LogP contribution in [0.2, 0.25) is 0 Å². The minimum atomic E-state index is 0.310. The second-order valence-electron chi connectivity index (χ2n) is 3.24. The second kappa shape index (κ2) is 5.83. The van der Waals surface area contributed by atoms with Gasteiger partial charge in [0, 0.05) is 0 Å². The highest BCUT2D eigenvalue weighted by Crippen LogP contribution is 2.34. The van der Waals surface area contributed by atoms with Gasteiger partial charge in [-0.15, -0.1) is 0 Å². The molecule has 2 aromatic rings. The average molecular weight is 358 g/mol. The fourth-order valence-corrected chi connectivity index (χ4v) is 1.85. The lowest BCUT2D eigenvalue weighted by Crippen LogP contribution is -2.11. The fourth-order valence-electron chi connectivity index (χ4n) is 1.35. The van der Waals surface area contributed by atoms with Crippen molar-refractivity contribution in [3.05, 3.63) is 34.2 Å². The number of nitrogens with zero attached hydrogens (tertiary/aromatic N) is 2. The molecule has 1 aromatic carbocycles. The maximum atomic E-state index is 5.69. The van der Waals surface area contributed by atoms with Gasteiger partial charge in [-0.25, -0.2) is 10.8 Å². The summed E-state index contributed by atoms with van der Waals surface area (Å²) in [5.41, 5.74) is 2.43. The molecule has 3 N–H and O–H groups in total. The molecule has 0 saturated heterocycles. The summed E-state index contributed by atoms with van der Waals surface area (Å²) in [6, 6.07) is 7.59. The zero-order valence-electron chi connectivity index (χ0n) is 9.55. The molecule has 0 fully saturated rings. The summed E-state index contributed by atoms with van der Waals surface area (Å²) < 4.78 is 11.8. The largest absolute Gasteiger partial charge is 0.489 e. The first-order valence-corrected chi connectivity index (χ1v) is 6.12. The molecule has 94 valence electrons. The first-order chi connectivity index (χ1) is 8.76. The average Bonchev–Trinajstić information content (AvgIpc) is 2.41. The molecule has 1 aromatic heterocycles. The van der Waals surface area contributed by atoms with E-state index in [9.17, 15) is 0 Å². The molecule has 0 radical (unpaired) electrons. The first-order valence-electron chi connectivity index (χ1n) is 5.04. The van der Waals surface area contributed by atoms with Crippen LogP contribution in [-0.4, -0.2) is 17.1 Å². The fraction of sp³-hybridized carbons (Fsp3) is 0.0909. The van der Waals surface area contributed by atoms with Crippen LogP contribution in [0.4, 0.5) is 5.82 Å². The van der Waals surface area contributed by atoms with Gasteiger partial charge in [0.25, 0.3) is 5.88 Å². The molecule has 0 atom stereocenters. The molecule has 2 rings (SSSR count). The molecular formula is C11H11IN4O2. The van der Waals surface area contributed by atoms with Crippen molar-refractivity contribution in [2.45, 2.75) is 0 Å². The van der Waals surface area contributed by atoms with Crippen LogP contribution in [-0.2, 0) is 0 Å². The SMILES string of the molecule is COc1c(NN)ncnc1Oc1ccccc1I. The number of hydrogen-bond donors (Lipinski definition) is 2. The summed E-state index contributed by atoms with van der Waals surface area (Å²) in [7, 11) is 1.50. The van der Waals surface area contributed by atoms with Crippen LogP contribution in [0.3, 0.4) is 0 Å². The Labute approximate surface area is 118 Å². The molecule has 0 amide bonds. The summed E-state index contributed by atoms with van der Waals surface area (Å²) in [4.78, 5) is 7.98. The number of nitrogens with one attached hydrogen (secondary N) is 1. The number of aromatic nitrogens is 2. The van der Waals surface area contributed by atoms with Crippen LogP contribution in [0.5, 0.6) is 17.4 Å². The van der Waals surface area contributed by atoms with Gasteiger partial charge >= 0.3 is 0 Å². The van der Waals surface area contributed by atoms with Gasteiger partial charge in [-0.1, -0.05) is 12.1 Å². The highest BCUT2D eigenvalue weighted by molar-refractivity contribution is 14.1. The van der Waals surface area contributed by atoms with Gasteiger partial charge in [-0.05, 0) is 34.7 Å². The van der Waals surface area contributed by atoms with E-state index in [0.29, 0.717) is 23.2 Å². The predicted molar refractivity (Wildman–Crippen MR) is 75.6 cm³/mol. The van der Waals surface area contributed by atoms with Crippen LogP contribution < -0.4 is 20.7 Å². The van der Waals surface area contributed by atoms with Crippen molar-refractivity contribution in [2.24, 2.45) is 5.84 Å². The number of rotatable bonds is 4. The summed E-state index contributed by atoms with van der Waals surface area (Å²) in [5.74, 6) is 7.07. The van der Waals surface area contributed by atoms with Crippen molar-refractivity contribution >= 4 is 28.4 Å². The van der Waals surface area contributed by atoms with Crippen LogP contribution in [0.25, 0.3) is 0 Å². The zero-order valence-corrected chi connectivity index (χ0v) is 11.7. The lowest BCUT2D eigenvalue weighted by molar-refractivity contribution is 0.368. The highest BCUT2D eigenvalue weighted by Gasteiger charge is 2.14. The number of ether oxygens (including phenoxy) is 2. The monoisotopic (exact) mass is 358 g/mol. The van der Waals surface area contributed by atoms with Gasteiger partial charge in [0.05, 0.1) is 10.7 Å². The van der Waals surface area contributed by atoms with E-state index in [1.807, 2.05) is 24.3 Å². The van der Waals surface area contributed by atoms with Gasteiger partial charge in [-0.3, -0.25) is 0 Å². The third-order valence-corrected chi connectivity index (χ3v) is 3.05. The Bertz CT molecular complexity index is 550. The van der Waals surface area contributed by atoms with Crippen molar-refractivity contribution in [3.8, 4) is 17.4 Å². The van der Waals surface area contributed by atoms with E-state index in [1.165, 1.54) is 13.4 Å². The van der Waals surface area contributed by atoms with Crippen molar-refractivity contribution in [3.63, 3.8) is 0 Å². The molecule has 0 saturated carbocycles. The molecule has 0 spiro atoms. The quantitative estimate of drug-likeness (QED) is 0.495. The number of nitrogen functional groups attached to an aromatic ring is 1. The Morgan fingerprint density at radius 1 is 1.28 bits per heavy atom. The van der Waals surface area contributed by atoms with Crippen LogP contribution in [0, 0.1) is 3.57 Å². The topological polar surface area (TPSA) is 82.3 Å². The molecule has 0 unspecified atom stereocenters. The first kappa shape index (κ1) is 12.8. The Morgan fingerprint density at radius 2 is 2.06 bits per heavy atom. The molecular weight excluding hydrogens is 347 g/mol. The number of para-hydroxylation sites is 1. The Morgan fingerprint density at radius 3 is 2.72 bits per heavy atom. The molecule has 1 heterocycles. The van der Waals surface area contributed by atoms with Gasteiger partial charge in [0.15, 0.2) is 5.82 Å². The van der Waals surface area contributed by atoms with E-state index < -0.39 is 0 Å². The van der Waals surface area contributed by atoms with E-state index >= 15 is 0 Å². The van der Waals surface area contributed by atoms with E-state index in [2.05, 4.69) is 38.0 Å². The normalized spacial score (nSPS) is 9.94. The smallest absolute Gasteiger partial charge is 0.268 e. The van der Waals surface area contributed by atoms with Crippen LogP contribution in [0.15, 0.2) is 30.6 Å². The predicted octanol–water partition coefficient (Wildman–Crippen LogP) is 2.17. The van der Waals surface area contributed by atoms with Crippen molar-refractivity contribution in [1.29, 1.82) is 0 Å². The summed E-state index contributed by atoms with van der Waals surface area (Å²) in [5, 5.41) is 0. The van der Waals surface area contributed by atoms with Gasteiger partial charge in [0.2, 0.25) is 5.75 Å². The molecule has 6 nitrogen and oxygen atoms in total. The molecule has 18 heavy (non-hydrogen) atoms. The van der Waals surface area contributed by atoms with E-state index in [-0.39, 0.29) is 0 Å². The maximum absolute atomic E-state index is 5.69. The maximum Gasteiger partial charge on any atom is 0.268 e. The summed E-state index contributed by atoms with van der Waals surface area (Å²) >= 11 is 2.18. The number of benzene rings is 1. The summed E-state index contributed by atoms with van der Waals surface area (Å²) in [6.07, 6.45) is 1.35. The molecule has 7 heteroatoms. The molecule has 0 aliphatic heterocycles. The Balaban J connectivity index is 2.37. The van der Waals surface area contributed by atoms with E-state index in [4.69, 9.17) is 15.3 Å². The van der Waals surface area contributed by atoms with Gasteiger partial charge in [-0.2, -0.15) is 4.98 Å². The van der Waals surface area contributed by atoms with Crippen LogP contribution >= 0.6 is 22.6 Å².